The molecule has 5 rings (SSSR count). The van der Waals surface area contributed by atoms with Crippen LogP contribution in [0.15, 0.2) is 121 Å². The average Bonchev–Trinajstić information content (AvgIpc) is 2.92. The molecule has 1 aliphatic heterocycles. The molecule has 1 atom stereocenters. The van der Waals surface area contributed by atoms with Gasteiger partial charge in [-0.05, 0) is 41.1 Å². The van der Waals surface area contributed by atoms with Crippen molar-refractivity contribution in [3.05, 3.63) is 121 Å². The molecule has 34 heavy (non-hydrogen) atoms. The standard InChI is InChI=1S/C30H32N2P2/c1-31(33(27-16-6-2-7-17-27)28-18-8-3-9-19-28)26-15-14-24-32(25-26)34(29-20-10-4-11-21-29)30-22-12-5-13-23-30/h2-13,16-23,26H,14-15,24-25H2,1H3. The summed E-state index contributed by atoms with van der Waals surface area (Å²) in [5.41, 5.74) is 0. The summed E-state index contributed by atoms with van der Waals surface area (Å²) in [4.78, 5) is 0. The molecule has 1 fully saturated rings. The number of likely N-dealkylation sites (N-methyl/N-ethyl adjacent to an activating group) is 1. The van der Waals surface area contributed by atoms with Crippen LogP contribution < -0.4 is 21.2 Å². The van der Waals surface area contributed by atoms with Gasteiger partial charge in [-0.15, -0.1) is 0 Å². The van der Waals surface area contributed by atoms with E-state index in [9.17, 15) is 0 Å². The molecule has 4 aromatic carbocycles. The maximum absolute atomic E-state index is 2.77. The van der Waals surface area contributed by atoms with Crippen LogP contribution in [0.1, 0.15) is 12.8 Å². The number of nitrogens with zero attached hydrogens (tertiary/aromatic N) is 2. The maximum Gasteiger partial charge on any atom is 0.0281 e. The van der Waals surface area contributed by atoms with Gasteiger partial charge in [-0.1, -0.05) is 121 Å². The number of benzene rings is 4. The molecule has 0 saturated carbocycles. The van der Waals surface area contributed by atoms with E-state index >= 15 is 0 Å². The molecule has 0 aromatic heterocycles. The van der Waals surface area contributed by atoms with Crippen molar-refractivity contribution in [3.63, 3.8) is 0 Å². The normalized spacial score (nSPS) is 16.9. The number of piperidine rings is 1. The highest BCUT2D eigenvalue weighted by Gasteiger charge is 2.33. The monoisotopic (exact) mass is 482 g/mol. The average molecular weight is 483 g/mol. The first kappa shape index (κ1) is 23.4. The second-order valence-corrected chi connectivity index (χ2v) is 13.3. The second kappa shape index (κ2) is 11.4. The Hall–Kier alpha value is -2.34. The highest BCUT2D eigenvalue weighted by Crippen LogP contribution is 2.45. The Bertz CT molecular complexity index is 980. The highest BCUT2D eigenvalue weighted by atomic mass is 31.1. The minimum atomic E-state index is -0.568. The maximum atomic E-state index is 2.77. The molecule has 1 aliphatic rings. The Morgan fingerprint density at radius 2 is 1.03 bits per heavy atom. The van der Waals surface area contributed by atoms with E-state index in [1.165, 1.54) is 34.1 Å². The predicted molar refractivity (Wildman–Crippen MR) is 151 cm³/mol. The molecule has 1 saturated heterocycles. The summed E-state index contributed by atoms with van der Waals surface area (Å²) < 4.78 is 5.46. The lowest BCUT2D eigenvalue weighted by atomic mass is 10.1. The van der Waals surface area contributed by atoms with Gasteiger partial charge >= 0.3 is 0 Å². The van der Waals surface area contributed by atoms with Crippen LogP contribution in [0, 0.1) is 0 Å². The van der Waals surface area contributed by atoms with E-state index in [-0.39, 0.29) is 0 Å². The van der Waals surface area contributed by atoms with E-state index in [0.717, 1.165) is 13.1 Å². The summed E-state index contributed by atoms with van der Waals surface area (Å²) in [6.07, 6.45) is 2.48. The largest absolute Gasteiger partial charge is 0.274 e. The van der Waals surface area contributed by atoms with Gasteiger partial charge in [0.15, 0.2) is 0 Å². The second-order valence-electron chi connectivity index (χ2n) is 8.75. The lowest BCUT2D eigenvalue weighted by Crippen LogP contribution is -2.46. The fraction of sp³-hybridized carbons (Fsp3) is 0.200. The van der Waals surface area contributed by atoms with Crippen molar-refractivity contribution in [2.45, 2.75) is 18.9 Å². The van der Waals surface area contributed by atoms with Gasteiger partial charge in [0.05, 0.1) is 0 Å². The van der Waals surface area contributed by atoms with Crippen LogP contribution in [0.5, 0.6) is 0 Å². The smallest absolute Gasteiger partial charge is 0.0281 e. The summed E-state index contributed by atoms with van der Waals surface area (Å²) in [5.74, 6) is 0. The highest BCUT2D eigenvalue weighted by molar-refractivity contribution is 7.71. The topological polar surface area (TPSA) is 6.48 Å². The van der Waals surface area contributed by atoms with Crippen LogP contribution >= 0.6 is 16.1 Å². The third-order valence-electron chi connectivity index (χ3n) is 6.50. The van der Waals surface area contributed by atoms with E-state index in [2.05, 4.69) is 138 Å². The molecule has 0 spiro atoms. The van der Waals surface area contributed by atoms with Gasteiger partial charge in [-0.25, -0.2) is 0 Å². The molecule has 0 aliphatic carbocycles. The summed E-state index contributed by atoms with van der Waals surface area (Å²) in [6.45, 7) is 2.26. The van der Waals surface area contributed by atoms with Crippen molar-refractivity contribution in [1.82, 2.24) is 9.34 Å². The van der Waals surface area contributed by atoms with E-state index in [1.54, 1.807) is 0 Å². The molecule has 2 nitrogen and oxygen atoms in total. The summed E-state index contributed by atoms with van der Waals surface area (Å²) in [5, 5.41) is 5.74. The Balaban J connectivity index is 1.45. The number of hydrogen-bond donors (Lipinski definition) is 0. The number of rotatable bonds is 7. The Morgan fingerprint density at radius 1 is 0.618 bits per heavy atom. The van der Waals surface area contributed by atoms with Crippen LogP contribution in [-0.2, 0) is 0 Å². The third kappa shape index (κ3) is 5.32. The van der Waals surface area contributed by atoms with E-state index in [4.69, 9.17) is 0 Å². The molecule has 0 N–H and O–H groups in total. The Kier molecular flexibility index (Phi) is 7.84. The Morgan fingerprint density at radius 3 is 1.47 bits per heavy atom. The molecule has 0 bridgehead atoms. The summed E-state index contributed by atoms with van der Waals surface area (Å²) in [6, 6.07) is 44.9. The van der Waals surface area contributed by atoms with E-state index < -0.39 is 16.1 Å². The lowest BCUT2D eigenvalue weighted by molar-refractivity contribution is 0.248. The van der Waals surface area contributed by atoms with Crippen LogP contribution in [-0.4, -0.2) is 35.5 Å². The zero-order valence-corrected chi connectivity index (χ0v) is 21.5. The first-order chi connectivity index (χ1) is 16.8. The van der Waals surface area contributed by atoms with Gasteiger partial charge < -0.3 is 0 Å². The Labute approximate surface area is 206 Å². The predicted octanol–water partition coefficient (Wildman–Crippen LogP) is 5.48. The van der Waals surface area contributed by atoms with Crippen molar-refractivity contribution in [2.24, 2.45) is 0 Å². The molecule has 1 unspecified atom stereocenters. The quantitative estimate of drug-likeness (QED) is 0.322. The van der Waals surface area contributed by atoms with Crippen molar-refractivity contribution in [1.29, 1.82) is 0 Å². The fourth-order valence-corrected chi connectivity index (χ4v) is 9.86. The van der Waals surface area contributed by atoms with Crippen LogP contribution in [0.3, 0.4) is 0 Å². The third-order valence-corrected chi connectivity index (χ3v) is 11.5. The molecule has 0 radical (unpaired) electrons. The van der Waals surface area contributed by atoms with Crippen molar-refractivity contribution in [3.8, 4) is 0 Å². The molecular weight excluding hydrogens is 450 g/mol. The van der Waals surface area contributed by atoms with E-state index in [1.807, 2.05) is 0 Å². The molecule has 4 aromatic rings. The fourth-order valence-electron chi connectivity index (χ4n) is 4.85. The number of hydrogen-bond acceptors (Lipinski definition) is 2. The van der Waals surface area contributed by atoms with Gasteiger partial charge in [0, 0.05) is 35.3 Å². The zero-order valence-electron chi connectivity index (χ0n) is 19.7. The van der Waals surface area contributed by atoms with Gasteiger partial charge in [-0.2, -0.15) is 0 Å². The molecule has 0 amide bonds. The minimum absolute atomic E-state index is 0.526. The van der Waals surface area contributed by atoms with Crippen molar-refractivity contribution in [2.75, 3.05) is 20.1 Å². The molecule has 172 valence electrons. The molecule has 4 heteroatoms. The minimum Gasteiger partial charge on any atom is -0.274 e. The molecular formula is C30H32N2P2. The zero-order chi connectivity index (χ0) is 23.2. The van der Waals surface area contributed by atoms with Crippen molar-refractivity contribution >= 4 is 37.4 Å². The van der Waals surface area contributed by atoms with Crippen LogP contribution in [0.25, 0.3) is 0 Å². The van der Waals surface area contributed by atoms with Crippen LogP contribution in [0.2, 0.25) is 0 Å². The SMILES string of the molecule is CN(C1CCCN(P(c2ccccc2)c2ccccc2)C1)P(c1ccccc1)c1ccccc1. The van der Waals surface area contributed by atoms with Gasteiger partial charge in [0.25, 0.3) is 0 Å². The van der Waals surface area contributed by atoms with Gasteiger partial charge in [0.2, 0.25) is 0 Å². The first-order valence-electron chi connectivity index (χ1n) is 12.1. The van der Waals surface area contributed by atoms with Gasteiger partial charge in [-0.3, -0.25) is 9.34 Å². The van der Waals surface area contributed by atoms with Crippen LogP contribution in [0.4, 0.5) is 0 Å². The summed E-state index contributed by atoms with van der Waals surface area (Å²) >= 11 is 0. The first-order valence-corrected chi connectivity index (χ1v) is 14.7. The lowest BCUT2D eigenvalue weighted by Gasteiger charge is -2.44. The van der Waals surface area contributed by atoms with Gasteiger partial charge in [0.1, 0.15) is 0 Å². The summed E-state index contributed by atoms with van der Waals surface area (Å²) in [7, 11) is 1.25. The van der Waals surface area contributed by atoms with Crippen molar-refractivity contribution < 1.29 is 0 Å². The van der Waals surface area contributed by atoms with E-state index in [0.29, 0.717) is 6.04 Å². The molecule has 1 heterocycles.